The smallest absolute Gasteiger partial charge is 0.363 e. The van der Waals surface area contributed by atoms with E-state index in [2.05, 4.69) is 20.9 Å². The van der Waals surface area contributed by atoms with Gasteiger partial charge >= 0.3 is 5.97 Å². The number of esters is 1. The minimum Gasteiger partial charge on any atom is -0.493 e. The number of carbonyl (C=O) groups is 1. The molecule has 5 nitrogen and oxygen atoms in total. The summed E-state index contributed by atoms with van der Waals surface area (Å²) in [5.74, 6) is 0.942. The Morgan fingerprint density at radius 3 is 2.52 bits per heavy atom. The van der Waals surface area contributed by atoms with E-state index in [-0.39, 0.29) is 5.70 Å². The molecule has 0 amide bonds. The van der Waals surface area contributed by atoms with Gasteiger partial charge in [0.25, 0.3) is 0 Å². The quantitative estimate of drug-likeness (QED) is 0.338. The molecule has 6 heteroatoms. The average molecular weight is 478 g/mol. The molecule has 0 saturated heterocycles. The molecular weight excluding hydrogens is 458 g/mol. The van der Waals surface area contributed by atoms with E-state index >= 15 is 0 Å². The van der Waals surface area contributed by atoms with Crippen LogP contribution in [0.15, 0.2) is 81.9 Å². The molecule has 1 aliphatic rings. The molecule has 0 spiro atoms. The molecule has 0 unspecified atom stereocenters. The summed E-state index contributed by atoms with van der Waals surface area (Å²) in [5, 5.41) is 0. The molecule has 0 N–H and O–H groups in total. The largest absolute Gasteiger partial charge is 0.493 e. The van der Waals surface area contributed by atoms with Crippen molar-refractivity contribution < 1.29 is 19.0 Å². The predicted octanol–water partition coefficient (Wildman–Crippen LogP) is 5.69. The van der Waals surface area contributed by atoms with Gasteiger partial charge in [-0.1, -0.05) is 48.0 Å². The Kier molecular flexibility index (Phi) is 6.18. The average Bonchev–Trinajstić information content (AvgIpc) is 3.14. The Labute approximate surface area is 189 Å². The van der Waals surface area contributed by atoms with Crippen LogP contribution in [0.4, 0.5) is 0 Å². The van der Waals surface area contributed by atoms with E-state index in [0.717, 1.165) is 22.3 Å². The summed E-state index contributed by atoms with van der Waals surface area (Å²) in [6.07, 6.45) is 1.66. The molecule has 0 saturated carbocycles. The van der Waals surface area contributed by atoms with Gasteiger partial charge in [-0.25, -0.2) is 9.79 Å². The Bertz CT molecular complexity index is 1170. The van der Waals surface area contributed by atoms with Gasteiger partial charge in [0.2, 0.25) is 5.90 Å². The number of ether oxygens (including phenoxy) is 3. The summed E-state index contributed by atoms with van der Waals surface area (Å²) >= 11 is 3.55. The van der Waals surface area contributed by atoms with Crippen molar-refractivity contribution >= 4 is 33.9 Å². The molecule has 0 bridgehead atoms. The first-order valence-corrected chi connectivity index (χ1v) is 10.5. The highest BCUT2D eigenvalue weighted by atomic mass is 79.9. The minimum absolute atomic E-state index is 0.225. The number of benzene rings is 3. The van der Waals surface area contributed by atoms with Crippen LogP contribution in [0.3, 0.4) is 0 Å². The lowest BCUT2D eigenvalue weighted by Gasteiger charge is -2.13. The maximum Gasteiger partial charge on any atom is 0.363 e. The number of rotatable bonds is 6. The van der Waals surface area contributed by atoms with Gasteiger partial charge in [-0.2, -0.15) is 0 Å². The van der Waals surface area contributed by atoms with Crippen molar-refractivity contribution in [2.45, 2.75) is 13.5 Å². The van der Waals surface area contributed by atoms with Crippen molar-refractivity contribution in [1.82, 2.24) is 0 Å². The van der Waals surface area contributed by atoms with Gasteiger partial charge in [-0.05, 0) is 64.3 Å². The second-order valence-electron chi connectivity index (χ2n) is 7.01. The van der Waals surface area contributed by atoms with E-state index in [1.165, 1.54) is 0 Å². The monoisotopic (exact) mass is 477 g/mol. The zero-order chi connectivity index (χ0) is 21.8. The number of cyclic esters (lactones) is 1. The van der Waals surface area contributed by atoms with Crippen molar-refractivity contribution in [2.75, 3.05) is 7.11 Å². The molecule has 156 valence electrons. The molecule has 3 aromatic rings. The zero-order valence-electron chi connectivity index (χ0n) is 17.1. The van der Waals surface area contributed by atoms with Crippen molar-refractivity contribution in [2.24, 2.45) is 4.99 Å². The molecule has 0 aliphatic carbocycles. The summed E-state index contributed by atoms with van der Waals surface area (Å²) in [6.45, 7) is 2.41. The summed E-state index contributed by atoms with van der Waals surface area (Å²) in [6, 6.07) is 21.2. The third-order valence-electron chi connectivity index (χ3n) is 4.70. The standard InChI is InChI=1S/C25H20BrNO4/c1-16-8-10-19(11-9-16)24-27-21(25(28)31-24)13-18-12-20(26)23(22(14-18)29-2)30-15-17-6-4-3-5-7-17/h3-14H,15H2,1-2H3/b21-13-. The van der Waals surface area contributed by atoms with Crippen LogP contribution < -0.4 is 9.47 Å². The lowest BCUT2D eigenvalue weighted by atomic mass is 10.1. The maximum atomic E-state index is 12.3. The Hall–Kier alpha value is -3.38. The first-order valence-electron chi connectivity index (χ1n) is 9.67. The third-order valence-corrected chi connectivity index (χ3v) is 5.29. The highest BCUT2D eigenvalue weighted by molar-refractivity contribution is 9.10. The van der Waals surface area contributed by atoms with Gasteiger partial charge < -0.3 is 14.2 Å². The lowest BCUT2D eigenvalue weighted by molar-refractivity contribution is -0.129. The highest BCUT2D eigenvalue weighted by Gasteiger charge is 2.24. The molecule has 3 aromatic carbocycles. The van der Waals surface area contributed by atoms with Gasteiger partial charge in [0.05, 0.1) is 11.6 Å². The summed E-state index contributed by atoms with van der Waals surface area (Å²) in [5.41, 5.74) is 3.88. The van der Waals surface area contributed by atoms with E-state index in [9.17, 15) is 4.79 Å². The second kappa shape index (κ2) is 9.18. The van der Waals surface area contributed by atoms with Crippen LogP contribution in [-0.2, 0) is 16.1 Å². The zero-order valence-corrected chi connectivity index (χ0v) is 18.7. The Morgan fingerprint density at radius 1 is 1.06 bits per heavy atom. The fourth-order valence-electron chi connectivity index (χ4n) is 3.08. The van der Waals surface area contributed by atoms with Crippen LogP contribution in [0.2, 0.25) is 0 Å². The Morgan fingerprint density at radius 2 is 1.81 bits per heavy atom. The van der Waals surface area contributed by atoms with E-state index in [1.807, 2.05) is 67.6 Å². The van der Waals surface area contributed by atoms with E-state index in [1.54, 1.807) is 19.3 Å². The Balaban J connectivity index is 1.59. The van der Waals surface area contributed by atoms with Gasteiger partial charge in [0, 0.05) is 5.56 Å². The molecule has 0 aromatic heterocycles. The van der Waals surface area contributed by atoms with E-state index < -0.39 is 5.97 Å². The topological polar surface area (TPSA) is 57.1 Å². The second-order valence-corrected chi connectivity index (χ2v) is 7.86. The third kappa shape index (κ3) is 4.86. The number of halogens is 1. The van der Waals surface area contributed by atoms with Crippen LogP contribution in [-0.4, -0.2) is 19.0 Å². The van der Waals surface area contributed by atoms with Crippen LogP contribution in [0.5, 0.6) is 11.5 Å². The van der Waals surface area contributed by atoms with Crippen molar-refractivity contribution in [3.05, 3.63) is 99.2 Å². The molecule has 1 aliphatic heterocycles. The number of hydrogen-bond donors (Lipinski definition) is 0. The molecule has 4 rings (SSSR count). The number of carbonyl (C=O) groups excluding carboxylic acids is 1. The van der Waals surface area contributed by atoms with E-state index in [4.69, 9.17) is 14.2 Å². The van der Waals surface area contributed by atoms with Crippen LogP contribution in [0.1, 0.15) is 22.3 Å². The van der Waals surface area contributed by atoms with Gasteiger partial charge in [0.15, 0.2) is 17.2 Å². The first-order chi connectivity index (χ1) is 15.0. The predicted molar refractivity (Wildman–Crippen MR) is 123 cm³/mol. The molecular formula is C25H20BrNO4. The summed E-state index contributed by atoms with van der Waals surface area (Å²) < 4.78 is 17.5. The van der Waals surface area contributed by atoms with Gasteiger partial charge in [-0.15, -0.1) is 0 Å². The number of aliphatic imine (C=N–C) groups is 1. The van der Waals surface area contributed by atoms with Crippen LogP contribution in [0.25, 0.3) is 6.08 Å². The SMILES string of the molecule is COc1cc(/C=C2\N=C(c3ccc(C)cc3)OC2=O)cc(Br)c1OCc1ccccc1. The highest BCUT2D eigenvalue weighted by Crippen LogP contribution is 2.38. The van der Waals surface area contributed by atoms with Crippen molar-refractivity contribution in [3.8, 4) is 11.5 Å². The molecule has 0 atom stereocenters. The maximum absolute atomic E-state index is 12.3. The van der Waals surface area contributed by atoms with Crippen molar-refractivity contribution in [3.63, 3.8) is 0 Å². The number of aryl methyl sites for hydroxylation is 1. The fraction of sp³-hybridized carbons (Fsp3) is 0.120. The van der Waals surface area contributed by atoms with Crippen molar-refractivity contribution in [1.29, 1.82) is 0 Å². The number of nitrogens with zero attached hydrogens (tertiary/aromatic N) is 1. The fourth-order valence-corrected chi connectivity index (χ4v) is 3.65. The lowest BCUT2D eigenvalue weighted by Crippen LogP contribution is -2.05. The number of methoxy groups -OCH3 is 1. The van der Waals surface area contributed by atoms with E-state index in [0.29, 0.717) is 28.5 Å². The molecule has 1 heterocycles. The molecule has 31 heavy (non-hydrogen) atoms. The molecule has 0 fully saturated rings. The minimum atomic E-state index is -0.491. The van der Waals surface area contributed by atoms with Gasteiger partial charge in [0.1, 0.15) is 6.61 Å². The molecule has 0 radical (unpaired) electrons. The van der Waals surface area contributed by atoms with Crippen LogP contribution >= 0.6 is 15.9 Å². The van der Waals surface area contributed by atoms with Crippen LogP contribution in [0, 0.1) is 6.92 Å². The first kappa shape index (κ1) is 20.9. The normalized spacial score (nSPS) is 14.4. The van der Waals surface area contributed by atoms with Gasteiger partial charge in [-0.3, -0.25) is 0 Å². The number of hydrogen-bond acceptors (Lipinski definition) is 5. The summed E-state index contributed by atoms with van der Waals surface area (Å²) in [4.78, 5) is 16.7. The summed E-state index contributed by atoms with van der Waals surface area (Å²) in [7, 11) is 1.57.